The second-order valence-electron chi connectivity index (χ2n) is 7.30. The third-order valence-electron chi connectivity index (χ3n) is 3.66. The van der Waals surface area contributed by atoms with Crippen molar-refractivity contribution in [1.29, 1.82) is 0 Å². The molecule has 2 aromatic carbocycles. The zero-order chi connectivity index (χ0) is 20.9. The third-order valence-corrected chi connectivity index (χ3v) is 3.66. The third kappa shape index (κ3) is 6.12. The predicted octanol–water partition coefficient (Wildman–Crippen LogP) is 3.32. The lowest BCUT2D eigenvalue weighted by molar-refractivity contribution is -0.138. The average molecular weight is 384 g/mol. The highest BCUT2D eigenvalue weighted by Crippen LogP contribution is 2.19. The van der Waals surface area contributed by atoms with Crippen LogP contribution in [0.3, 0.4) is 0 Å². The number of hydrogen-bond donors (Lipinski definition) is 3. The number of carbonyl (C=O) groups excluding carboxylic acids is 2. The topological polar surface area (TPSA) is 105 Å². The molecule has 2 aromatic rings. The smallest absolute Gasteiger partial charge is 0.325 e. The summed E-state index contributed by atoms with van der Waals surface area (Å²) < 4.78 is 5.73. The number of anilines is 1. The van der Waals surface area contributed by atoms with Crippen molar-refractivity contribution in [2.45, 2.75) is 39.3 Å². The Morgan fingerprint density at radius 2 is 1.39 bits per heavy atom. The van der Waals surface area contributed by atoms with Gasteiger partial charge in [0.05, 0.1) is 0 Å². The average Bonchev–Trinajstić information content (AvgIpc) is 2.61. The lowest BCUT2D eigenvalue weighted by Gasteiger charge is -2.21. The number of amides is 2. The van der Waals surface area contributed by atoms with Crippen LogP contribution in [-0.4, -0.2) is 34.5 Å². The lowest BCUT2D eigenvalue weighted by atomic mass is 10.1. The molecule has 28 heavy (non-hydrogen) atoms. The molecule has 0 aliphatic carbocycles. The molecule has 148 valence electrons. The number of benzene rings is 2. The van der Waals surface area contributed by atoms with Gasteiger partial charge in [-0.2, -0.15) is 0 Å². The van der Waals surface area contributed by atoms with Crippen molar-refractivity contribution in [3.63, 3.8) is 0 Å². The minimum atomic E-state index is -1.11. The zero-order valence-corrected chi connectivity index (χ0v) is 16.3. The maximum absolute atomic E-state index is 12.4. The van der Waals surface area contributed by atoms with Gasteiger partial charge in [-0.3, -0.25) is 14.4 Å². The molecule has 0 fully saturated rings. The minimum Gasteiger partial charge on any atom is -0.488 e. The highest BCUT2D eigenvalue weighted by Gasteiger charge is 2.16. The number of aliphatic carboxylic acids is 1. The van der Waals surface area contributed by atoms with E-state index in [0.29, 0.717) is 22.6 Å². The van der Waals surface area contributed by atoms with Crippen molar-refractivity contribution in [1.82, 2.24) is 5.32 Å². The molecular weight excluding hydrogens is 360 g/mol. The lowest BCUT2D eigenvalue weighted by Crippen LogP contribution is -2.38. The SMILES string of the molecule is CC(NC(=O)c1ccc(NC(=O)c2ccc(OC(C)(C)C)cc2)cc1)C(=O)O. The fraction of sp³-hybridized carbons (Fsp3) is 0.286. The molecule has 0 aliphatic heterocycles. The molecule has 2 rings (SSSR count). The Balaban J connectivity index is 1.99. The zero-order valence-electron chi connectivity index (χ0n) is 16.3. The van der Waals surface area contributed by atoms with Gasteiger partial charge in [0, 0.05) is 16.8 Å². The Hall–Kier alpha value is -3.35. The summed E-state index contributed by atoms with van der Waals surface area (Å²) in [5.41, 5.74) is 0.969. The highest BCUT2D eigenvalue weighted by atomic mass is 16.5. The summed E-state index contributed by atoms with van der Waals surface area (Å²) in [7, 11) is 0. The molecule has 1 atom stereocenters. The van der Waals surface area contributed by atoms with Gasteiger partial charge in [0.1, 0.15) is 17.4 Å². The molecule has 0 spiro atoms. The normalized spacial score (nSPS) is 12.0. The van der Waals surface area contributed by atoms with E-state index in [0.717, 1.165) is 0 Å². The standard InChI is InChI=1S/C21H24N2O5/c1-13(20(26)27)22-18(24)14-5-9-16(10-6-14)23-19(25)15-7-11-17(12-8-15)28-21(2,3)4/h5-13H,1-4H3,(H,22,24)(H,23,25)(H,26,27). The maximum Gasteiger partial charge on any atom is 0.325 e. The summed E-state index contributed by atoms with van der Waals surface area (Å²) in [5, 5.41) is 13.9. The van der Waals surface area contributed by atoms with Crippen LogP contribution in [0, 0.1) is 0 Å². The van der Waals surface area contributed by atoms with Crippen molar-refractivity contribution in [3.8, 4) is 5.75 Å². The van der Waals surface area contributed by atoms with E-state index in [4.69, 9.17) is 9.84 Å². The predicted molar refractivity (Wildman–Crippen MR) is 106 cm³/mol. The van der Waals surface area contributed by atoms with Crippen LogP contribution in [0.2, 0.25) is 0 Å². The summed E-state index contributed by atoms with van der Waals surface area (Å²) >= 11 is 0. The number of ether oxygens (including phenoxy) is 1. The number of nitrogens with one attached hydrogen (secondary N) is 2. The van der Waals surface area contributed by atoms with E-state index < -0.39 is 17.9 Å². The molecule has 0 heterocycles. The monoisotopic (exact) mass is 384 g/mol. The molecule has 0 bridgehead atoms. The molecule has 0 saturated heterocycles. The van der Waals surface area contributed by atoms with Gasteiger partial charge in [0.15, 0.2) is 0 Å². The number of carbonyl (C=O) groups is 3. The van der Waals surface area contributed by atoms with Gasteiger partial charge < -0.3 is 20.5 Å². The maximum atomic E-state index is 12.4. The van der Waals surface area contributed by atoms with E-state index in [9.17, 15) is 14.4 Å². The molecule has 3 N–H and O–H groups in total. The first-order valence-electron chi connectivity index (χ1n) is 8.79. The molecule has 0 saturated carbocycles. The number of carboxylic acids is 1. The molecule has 7 heteroatoms. The van der Waals surface area contributed by atoms with Gasteiger partial charge in [0.2, 0.25) is 0 Å². The summed E-state index contributed by atoms with van der Waals surface area (Å²) in [5.74, 6) is -1.23. The van der Waals surface area contributed by atoms with Crippen molar-refractivity contribution < 1.29 is 24.2 Å². The fourth-order valence-corrected chi connectivity index (χ4v) is 2.28. The van der Waals surface area contributed by atoms with Crippen LogP contribution in [0.15, 0.2) is 48.5 Å². The Kier molecular flexibility index (Phi) is 6.41. The number of rotatable bonds is 6. The van der Waals surface area contributed by atoms with Crippen molar-refractivity contribution in [3.05, 3.63) is 59.7 Å². The van der Waals surface area contributed by atoms with E-state index in [1.165, 1.54) is 19.1 Å². The first-order chi connectivity index (χ1) is 13.0. The largest absolute Gasteiger partial charge is 0.488 e. The quantitative estimate of drug-likeness (QED) is 0.709. The van der Waals surface area contributed by atoms with Gasteiger partial charge in [-0.25, -0.2) is 0 Å². The van der Waals surface area contributed by atoms with Crippen LogP contribution in [0.4, 0.5) is 5.69 Å². The van der Waals surface area contributed by atoms with Gasteiger partial charge in [0.25, 0.3) is 11.8 Å². The van der Waals surface area contributed by atoms with Crippen molar-refractivity contribution in [2.24, 2.45) is 0 Å². The molecular formula is C21H24N2O5. The van der Waals surface area contributed by atoms with Gasteiger partial charge >= 0.3 is 5.97 Å². The van der Waals surface area contributed by atoms with E-state index in [-0.39, 0.29) is 11.5 Å². The summed E-state index contributed by atoms with van der Waals surface area (Å²) in [6, 6.07) is 12.0. The van der Waals surface area contributed by atoms with Crippen LogP contribution in [0.5, 0.6) is 5.75 Å². The Morgan fingerprint density at radius 1 is 0.893 bits per heavy atom. The second kappa shape index (κ2) is 8.56. The Morgan fingerprint density at radius 3 is 1.89 bits per heavy atom. The first kappa shape index (κ1) is 21.0. The highest BCUT2D eigenvalue weighted by molar-refractivity contribution is 6.04. The fourth-order valence-electron chi connectivity index (χ4n) is 2.28. The Bertz CT molecular complexity index is 852. The second-order valence-corrected chi connectivity index (χ2v) is 7.30. The Labute approximate surface area is 163 Å². The molecule has 2 amide bonds. The first-order valence-corrected chi connectivity index (χ1v) is 8.79. The molecule has 1 unspecified atom stereocenters. The molecule has 7 nitrogen and oxygen atoms in total. The van der Waals surface area contributed by atoms with Crippen LogP contribution < -0.4 is 15.4 Å². The van der Waals surface area contributed by atoms with Crippen LogP contribution in [-0.2, 0) is 4.79 Å². The number of carboxylic acid groups (broad SMARTS) is 1. The molecule has 0 radical (unpaired) electrons. The van der Waals surface area contributed by atoms with Crippen LogP contribution in [0.25, 0.3) is 0 Å². The molecule has 0 aromatic heterocycles. The van der Waals surface area contributed by atoms with E-state index in [1.807, 2.05) is 20.8 Å². The minimum absolute atomic E-state index is 0.293. The van der Waals surface area contributed by atoms with Crippen molar-refractivity contribution >= 4 is 23.5 Å². The summed E-state index contributed by atoms with van der Waals surface area (Å²) in [4.78, 5) is 35.1. The van der Waals surface area contributed by atoms with Crippen LogP contribution >= 0.6 is 0 Å². The summed E-state index contributed by atoms with van der Waals surface area (Å²) in [6.07, 6.45) is 0. The van der Waals surface area contributed by atoms with E-state index >= 15 is 0 Å². The van der Waals surface area contributed by atoms with Crippen molar-refractivity contribution in [2.75, 3.05) is 5.32 Å². The number of hydrogen-bond acceptors (Lipinski definition) is 4. The van der Waals surface area contributed by atoms with Gasteiger partial charge in [-0.15, -0.1) is 0 Å². The van der Waals surface area contributed by atoms with Crippen LogP contribution in [0.1, 0.15) is 48.4 Å². The van der Waals surface area contributed by atoms with E-state index in [2.05, 4.69) is 10.6 Å². The van der Waals surface area contributed by atoms with Gasteiger partial charge in [-0.05, 0) is 76.2 Å². The molecule has 0 aliphatic rings. The summed E-state index contributed by atoms with van der Waals surface area (Å²) in [6.45, 7) is 7.21. The van der Waals surface area contributed by atoms with Gasteiger partial charge in [-0.1, -0.05) is 0 Å². The van der Waals surface area contributed by atoms with E-state index in [1.54, 1.807) is 36.4 Å².